The monoisotopic (exact) mass is 2240 g/mol. The van der Waals surface area contributed by atoms with Gasteiger partial charge in [0, 0.05) is 78.2 Å². The topological polar surface area (TPSA) is 151 Å². The fraction of sp³-hybridized carbons (Fsp3) is 0. The second-order valence-electron chi connectivity index (χ2n) is 33.6. The van der Waals surface area contributed by atoms with Crippen LogP contribution in [0.3, 0.4) is 0 Å². The first kappa shape index (κ1) is 85.2. The molecule has 0 aliphatic rings. The standard InChI is InChI=1S/C44H25N5O.2C38H22N4O.Pd.2Pt/c1-5-18-37-33(15-1)35-23-22-28(44-46-27-42(50-44)49-39-20-7-2-13-31(39)32-14-3-8-21-40(32)49)25-41(35)47(37)29-11-9-12-30(26-29)48-38-19-6-4-16-34(38)36-17-10-24-45-43(36)48;1-4-16-33-30(14-1)31-20-19-25(32-15-7-8-21-39-32)23-36(31)41(33)27-11-9-10-26(22-27)38-40-24-37(43-38)42-34-17-5-2-12-28(34)29-13-3-6-18-35(29)42;1-4-16-33-30(14-1)31-20-19-26(23-36(31)41(33)27-11-9-10-25(22-27)32-15-7-8-21-39-32)38-40-24-37(43-38)42-34-17-5-2-12-28(34)29-13-3-6-18-35(29)42;;;/h1-24,27H;2*1-21,24H;;;/q3*-2;3*+2. The Morgan fingerprint density at radius 2 is 0.432 bits per heavy atom. The maximum atomic E-state index is 6.54. The molecular weight excluding hydrogens is 2170 g/mol. The van der Waals surface area contributed by atoms with Crippen molar-refractivity contribution in [3.8, 4) is 97.3 Å². The van der Waals surface area contributed by atoms with Gasteiger partial charge in [0.05, 0.1) is 57.2 Å². The van der Waals surface area contributed by atoms with Gasteiger partial charge in [0.2, 0.25) is 17.7 Å². The van der Waals surface area contributed by atoms with Crippen LogP contribution in [0.5, 0.6) is 0 Å². The third kappa shape index (κ3) is 14.2. The molecule has 0 fully saturated rings. The molecule has 0 unspecified atom stereocenters. The van der Waals surface area contributed by atoms with E-state index in [0.29, 0.717) is 35.3 Å². The molecule has 0 radical (unpaired) electrons. The van der Waals surface area contributed by atoms with Gasteiger partial charge in [-0.2, -0.15) is 6.07 Å². The van der Waals surface area contributed by atoms with E-state index in [1.807, 2.05) is 103 Å². The number of hydrogen-bond donors (Lipinski definition) is 0. The minimum Gasteiger partial charge on any atom is -0.467 e. The zero-order chi connectivity index (χ0) is 89.4. The fourth-order valence-corrected chi connectivity index (χ4v) is 20.0. The van der Waals surface area contributed by atoms with Gasteiger partial charge in [-0.25, -0.2) is 4.98 Å². The summed E-state index contributed by atoms with van der Waals surface area (Å²) in [5.41, 5.74) is 24.1. The minimum atomic E-state index is 0. The normalized spacial score (nSPS) is 11.6. The van der Waals surface area contributed by atoms with Crippen LogP contribution in [-0.4, -0.2) is 61.9 Å². The Hall–Kier alpha value is -16.8. The Kier molecular flexibility index (Phi) is 21.6. The molecule has 29 aromatic rings. The third-order valence-corrected chi connectivity index (χ3v) is 25.9. The molecule has 0 amide bonds. The molecule has 0 N–H and O–H groups in total. The number of rotatable bonds is 12. The molecular formula is C120H69N13O3PdPt2. The number of benzene rings is 16. The predicted octanol–water partition coefficient (Wildman–Crippen LogP) is 29.0. The molecule has 16 aromatic carbocycles. The molecule has 13 aromatic heterocycles. The molecule has 0 spiro atoms. The first-order valence-corrected chi connectivity index (χ1v) is 44.9. The van der Waals surface area contributed by atoms with Gasteiger partial charge in [-0.1, -0.05) is 250 Å². The second-order valence-corrected chi connectivity index (χ2v) is 33.6. The molecule has 16 nitrogen and oxygen atoms in total. The van der Waals surface area contributed by atoms with Crippen molar-refractivity contribution in [3.63, 3.8) is 0 Å². The van der Waals surface area contributed by atoms with E-state index in [-0.39, 0.29) is 62.6 Å². The van der Waals surface area contributed by atoms with Crippen LogP contribution in [0.1, 0.15) is 0 Å². The molecule has 0 bridgehead atoms. The summed E-state index contributed by atoms with van der Waals surface area (Å²) in [5, 5.41) is 16.1. The number of pyridine rings is 3. The van der Waals surface area contributed by atoms with Crippen molar-refractivity contribution in [1.82, 2.24) is 61.9 Å². The van der Waals surface area contributed by atoms with Gasteiger partial charge in [0.15, 0.2) is 0 Å². The molecule has 19 heteroatoms. The second kappa shape index (κ2) is 35.2. The predicted molar refractivity (Wildman–Crippen MR) is 543 cm³/mol. The number of hydrogen-bond acceptors (Lipinski definition) is 9. The van der Waals surface area contributed by atoms with Gasteiger partial charge in [0.1, 0.15) is 23.3 Å². The van der Waals surface area contributed by atoms with Crippen LogP contribution in [0, 0.1) is 36.4 Å². The van der Waals surface area contributed by atoms with Gasteiger partial charge in [-0.3, -0.25) is 28.7 Å². The van der Waals surface area contributed by atoms with Gasteiger partial charge in [0.25, 0.3) is 0 Å². The van der Waals surface area contributed by atoms with E-state index in [2.05, 4.69) is 370 Å². The quantitative estimate of drug-likeness (QED) is 0.0860. The Morgan fingerprint density at radius 3 is 0.791 bits per heavy atom. The van der Waals surface area contributed by atoms with E-state index in [1.54, 1.807) is 24.8 Å². The Balaban J connectivity index is 0.000000113. The number of fused-ring (bicyclic) bond motifs is 21. The van der Waals surface area contributed by atoms with Gasteiger partial charge in [-0.05, 0) is 140 Å². The van der Waals surface area contributed by atoms with Crippen molar-refractivity contribution in [2.75, 3.05) is 0 Å². The van der Waals surface area contributed by atoms with Crippen molar-refractivity contribution in [3.05, 3.63) is 456 Å². The molecule has 29 rings (SSSR count). The molecule has 662 valence electrons. The summed E-state index contributed by atoms with van der Waals surface area (Å²) in [5.74, 6) is 3.52. The summed E-state index contributed by atoms with van der Waals surface area (Å²) in [6, 6.07) is 153. The van der Waals surface area contributed by atoms with Crippen molar-refractivity contribution < 1.29 is 75.8 Å². The summed E-state index contributed by atoms with van der Waals surface area (Å²) in [6.45, 7) is 0. The average Bonchev–Trinajstić information content (AvgIpc) is 1.58. The zero-order valence-corrected chi connectivity index (χ0v) is 79.4. The minimum absolute atomic E-state index is 0. The summed E-state index contributed by atoms with van der Waals surface area (Å²) < 4.78 is 34.7. The van der Waals surface area contributed by atoms with Crippen molar-refractivity contribution in [1.29, 1.82) is 0 Å². The number of para-hydroxylation sites is 10. The van der Waals surface area contributed by atoms with Crippen LogP contribution >= 0.6 is 0 Å². The van der Waals surface area contributed by atoms with Crippen molar-refractivity contribution in [2.45, 2.75) is 0 Å². The van der Waals surface area contributed by atoms with E-state index < -0.39 is 0 Å². The van der Waals surface area contributed by atoms with Gasteiger partial charge >= 0.3 is 62.6 Å². The van der Waals surface area contributed by atoms with Crippen molar-refractivity contribution >= 4 is 153 Å². The summed E-state index contributed by atoms with van der Waals surface area (Å²) in [6.07, 6.45) is 10.9. The largest absolute Gasteiger partial charge is 2.00 e. The zero-order valence-electron chi connectivity index (χ0n) is 73.3. The fourth-order valence-electron chi connectivity index (χ4n) is 20.0. The van der Waals surface area contributed by atoms with Crippen LogP contribution in [0.2, 0.25) is 0 Å². The van der Waals surface area contributed by atoms with Crippen molar-refractivity contribution in [2.24, 2.45) is 0 Å². The van der Waals surface area contributed by atoms with Crippen LogP contribution in [0.15, 0.2) is 433 Å². The maximum Gasteiger partial charge on any atom is 2.00 e. The molecule has 0 saturated heterocycles. The molecule has 0 aliphatic heterocycles. The Labute approximate surface area is 836 Å². The van der Waals surface area contributed by atoms with Crippen LogP contribution in [0.4, 0.5) is 0 Å². The van der Waals surface area contributed by atoms with Gasteiger partial charge in [-0.15, -0.1) is 132 Å². The van der Waals surface area contributed by atoms with Crippen LogP contribution in [-0.2, 0) is 62.6 Å². The third-order valence-electron chi connectivity index (χ3n) is 25.9. The molecule has 0 aliphatic carbocycles. The van der Waals surface area contributed by atoms with E-state index >= 15 is 0 Å². The number of oxazole rings is 3. The maximum absolute atomic E-state index is 6.54. The molecule has 0 atom stereocenters. The Bertz CT molecular complexity index is 9630. The molecule has 139 heavy (non-hydrogen) atoms. The first-order chi connectivity index (χ1) is 67.5. The summed E-state index contributed by atoms with van der Waals surface area (Å²) in [7, 11) is 0. The first-order valence-electron chi connectivity index (χ1n) is 44.9. The summed E-state index contributed by atoms with van der Waals surface area (Å²) >= 11 is 0. The SMILES string of the molecule is [Pd+2].[Pt+2].[Pt+2].[c-]1c(-c2ccccn2)cccc1-n1c2[c-]c(-c3ncc(-n4c5ccccc5c5ccccc54)o3)ccc2c2ccccc21.[c-]1c(-c2ncc(-n3c4ccccc4c4ccccc43)o2)cccc1-n1c2[c-]c(-c3ccccn3)ccc2c2ccccc21.[c-]1c(-n2c3[c-]c(-c4ncc(-n5c6ccccc6c6ccccc65)o4)ccc3c3ccccc32)cccc1-n1c2ccccc2c2cccnc21. The molecule has 0 saturated carbocycles. The van der Waals surface area contributed by atoms with Gasteiger partial charge < -0.3 is 41.5 Å². The molecule has 13 heterocycles. The Morgan fingerprint density at radius 1 is 0.180 bits per heavy atom. The number of nitrogens with zero attached hydrogens (tertiary/aromatic N) is 13. The van der Waals surface area contributed by atoms with E-state index in [9.17, 15) is 0 Å². The number of aromatic nitrogens is 13. The average molecular weight is 2240 g/mol. The van der Waals surface area contributed by atoms with E-state index in [0.717, 1.165) is 182 Å². The van der Waals surface area contributed by atoms with Crippen LogP contribution < -0.4 is 0 Å². The van der Waals surface area contributed by atoms with E-state index in [1.165, 1.54) is 32.3 Å². The smallest absolute Gasteiger partial charge is 0.467 e. The van der Waals surface area contributed by atoms with Crippen LogP contribution in [0.25, 0.3) is 250 Å². The van der Waals surface area contributed by atoms with E-state index in [4.69, 9.17) is 33.2 Å². The summed E-state index contributed by atoms with van der Waals surface area (Å²) in [4.78, 5) is 28.1.